The van der Waals surface area contributed by atoms with E-state index in [0.717, 1.165) is 0 Å². The van der Waals surface area contributed by atoms with Crippen LogP contribution in [-0.4, -0.2) is 47.0 Å². The smallest absolute Gasteiger partial charge is 0.408 e. The fourth-order valence-electron chi connectivity index (χ4n) is 2.79. The zero-order valence-corrected chi connectivity index (χ0v) is 22.2. The first-order valence-electron chi connectivity index (χ1n) is 10.6. The third-order valence-corrected chi connectivity index (χ3v) is 5.73. The van der Waals surface area contributed by atoms with Crippen LogP contribution in [0.2, 0.25) is 0 Å². The summed E-state index contributed by atoms with van der Waals surface area (Å²) in [5.41, 5.74) is -1.27. The molecule has 1 aromatic rings. The molecule has 1 amide bonds. The van der Waals surface area contributed by atoms with Crippen LogP contribution in [0.1, 0.15) is 65.9 Å². The Morgan fingerprint density at radius 1 is 0.939 bits per heavy atom. The number of halogens is 4. The van der Waals surface area contributed by atoms with E-state index >= 15 is 0 Å². The Labute approximate surface area is 206 Å². The lowest BCUT2D eigenvalue weighted by molar-refractivity contribution is -0.157. The molecule has 0 aliphatic rings. The van der Waals surface area contributed by atoms with Crippen LogP contribution in [0.5, 0.6) is 0 Å². The van der Waals surface area contributed by atoms with Gasteiger partial charge in [0.1, 0.15) is 17.2 Å². The van der Waals surface area contributed by atoms with E-state index < -0.39 is 41.4 Å². The minimum absolute atomic E-state index is 0.0909. The van der Waals surface area contributed by atoms with E-state index in [2.05, 4.69) is 21.2 Å². The van der Waals surface area contributed by atoms with Crippen molar-refractivity contribution in [3.8, 4) is 0 Å². The molecule has 2 atom stereocenters. The SMILES string of the molecule is CC(C)(C)OC(=O)N[C@@H](CCSCCC(c1ccc(Br)cc1)C(F)(F)F)C(=O)OC(C)(C)C. The lowest BCUT2D eigenvalue weighted by atomic mass is 9.96. The summed E-state index contributed by atoms with van der Waals surface area (Å²) in [5, 5.41) is 2.52. The molecule has 0 aliphatic heterocycles. The van der Waals surface area contributed by atoms with Crippen molar-refractivity contribution in [3.63, 3.8) is 0 Å². The summed E-state index contributed by atoms with van der Waals surface area (Å²) in [7, 11) is 0. The van der Waals surface area contributed by atoms with E-state index in [1.807, 2.05) is 0 Å². The quantitative estimate of drug-likeness (QED) is 0.267. The maximum atomic E-state index is 13.5. The Morgan fingerprint density at radius 3 is 1.94 bits per heavy atom. The van der Waals surface area contributed by atoms with Crippen LogP contribution < -0.4 is 5.32 Å². The fourth-order valence-corrected chi connectivity index (χ4v) is 4.06. The number of hydrogen-bond donors (Lipinski definition) is 1. The average molecular weight is 556 g/mol. The number of nitrogens with one attached hydrogen (secondary N) is 1. The van der Waals surface area contributed by atoms with Gasteiger partial charge in [0.25, 0.3) is 0 Å². The van der Waals surface area contributed by atoms with Crippen molar-refractivity contribution in [2.45, 2.75) is 83.7 Å². The zero-order valence-electron chi connectivity index (χ0n) is 19.8. The lowest BCUT2D eigenvalue weighted by Crippen LogP contribution is -2.46. The van der Waals surface area contributed by atoms with Crippen molar-refractivity contribution in [1.82, 2.24) is 5.32 Å². The largest absolute Gasteiger partial charge is 0.458 e. The first kappa shape index (κ1) is 29.6. The second kappa shape index (κ2) is 12.3. The maximum absolute atomic E-state index is 13.5. The van der Waals surface area contributed by atoms with Crippen LogP contribution in [0.3, 0.4) is 0 Å². The molecule has 0 saturated heterocycles. The standard InChI is InChI=1S/C23H33BrF3NO4S/c1-21(2,3)31-19(29)18(28-20(30)32-22(4,5)6)12-14-33-13-11-17(23(25,26)27)15-7-9-16(24)10-8-15/h7-10,17-18H,11-14H2,1-6H3,(H,28,30)/t17?,18-/m0/s1. The molecule has 1 unspecified atom stereocenters. The summed E-state index contributed by atoms with van der Waals surface area (Å²) in [5.74, 6) is -1.57. The summed E-state index contributed by atoms with van der Waals surface area (Å²) < 4.78 is 51.9. The van der Waals surface area contributed by atoms with Crippen LogP contribution in [0.4, 0.5) is 18.0 Å². The number of carbonyl (C=O) groups excluding carboxylic acids is 2. The monoisotopic (exact) mass is 555 g/mol. The predicted molar refractivity (Wildman–Crippen MR) is 128 cm³/mol. The number of amides is 1. The van der Waals surface area contributed by atoms with Gasteiger partial charge < -0.3 is 14.8 Å². The van der Waals surface area contributed by atoms with E-state index in [4.69, 9.17) is 9.47 Å². The summed E-state index contributed by atoms with van der Waals surface area (Å²) in [6.45, 7) is 10.2. The van der Waals surface area contributed by atoms with Crippen LogP contribution in [0, 0.1) is 0 Å². The number of ether oxygens (including phenoxy) is 2. The van der Waals surface area contributed by atoms with Gasteiger partial charge in [-0.3, -0.25) is 0 Å². The van der Waals surface area contributed by atoms with E-state index in [0.29, 0.717) is 10.2 Å². The minimum atomic E-state index is -4.36. The maximum Gasteiger partial charge on any atom is 0.408 e. The van der Waals surface area contributed by atoms with Gasteiger partial charge in [-0.1, -0.05) is 28.1 Å². The van der Waals surface area contributed by atoms with E-state index in [9.17, 15) is 22.8 Å². The van der Waals surface area contributed by atoms with Crippen molar-refractivity contribution in [2.75, 3.05) is 11.5 Å². The Balaban J connectivity index is 2.69. The zero-order chi connectivity index (χ0) is 25.4. The molecule has 10 heteroatoms. The Morgan fingerprint density at radius 2 is 1.45 bits per heavy atom. The highest BCUT2D eigenvalue weighted by atomic mass is 79.9. The van der Waals surface area contributed by atoms with E-state index in [-0.39, 0.29) is 24.2 Å². The van der Waals surface area contributed by atoms with Crippen molar-refractivity contribution in [1.29, 1.82) is 0 Å². The first-order chi connectivity index (χ1) is 15.0. The molecule has 1 N–H and O–H groups in total. The van der Waals surface area contributed by atoms with Gasteiger partial charge >= 0.3 is 18.2 Å². The molecule has 0 heterocycles. The van der Waals surface area contributed by atoms with Crippen LogP contribution in [-0.2, 0) is 14.3 Å². The van der Waals surface area contributed by atoms with E-state index in [1.54, 1.807) is 53.7 Å². The number of thioether (sulfide) groups is 1. The molecule has 1 rings (SSSR count). The normalized spacial score (nSPS) is 14.4. The molecule has 0 aliphatic carbocycles. The highest BCUT2D eigenvalue weighted by molar-refractivity contribution is 9.10. The van der Waals surface area contributed by atoms with Gasteiger partial charge in [-0.15, -0.1) is 0 Å². The molecule has 0 radical (unpaired) electrons. The number of hydrogen-bond acceptors (Lipinski definition) is 5. The van der Waals surface area contributed by atoms with Gasteiger partial charge in [-0.05, 0) is 83.6 Å². The summed E-state index contributed by atoms with van der Waals surface area (Å²) >= 11 is 4.52. The van der Waals surface area contributed by atoms with Crippen LogP contribution >= 0.6 is 27.7 Å². The first-order valence-corrected chi connectivity index (χ1v) is 12.5. The third-order valence-electron chi connectivity index (χ3n) is 4.15. The number of alkyl carbamates (subject to hydrolysis) is 1. The number of rotatable bonds is 9. The van der Waals surface area contributed by atoms with Crippen molar-refractivity contribution in [2.24, 2.45) is 0 Å². The highest BCUT2D eigenvalue weighted by Gasteiger charge is 2.40. The average Bonchev–Trinajstić information content (AvgIpc) is 2.60. The molecule has 0 fully saturated rings. The van der Waals surface area contributed by atoms with Gasteiger partial charge in [-0.2, -0.15) is 24.9 Å². The molecule has 0 aromatic heterocycles. The number of benzene rings is 1. The fraction of sp³-hybridized carbons (Fsp3) is 0.652. The van der Waals surface area contributed by atoms with Gasteiger partial charge in [0.15, 0.2) is 0 Å². The van der Waals surface area contributed by atoms with Crippen molar-refractivity contribution in [3.05, 3.63) is 34.3 Å². The van der Waals surface area contributed by atoms with Gasteiger partial charge in [-0.25, -0.2) is 9.59 Å². The molecule has 0 bridgehead atoms. The number of alkyl halides is 3. The Hall–Kier alpha value is -1.42. The molecule has 188 valence electrons. The Kier molecular flexibility index (Phi) is 11.1. The third kappa shape index (κ3) is 12.6. The second-order valence-corrected chi connectivity index (χ2v) is 11.7. The van der Waals surface area contributed by atoms with Crippen molar-refractivity contribution >= 4 is 39.8 Å². The summed E-state index contributed by atoms with van der Waals surface area (Å²) in [6.07, 6.45) is -5.00. The molecule has 1 aromatic carbocycles. The van der Waals surface area contributed by atoms with Crippen molar-refractivity contribution < 1.29 is 32.2 Å². The van der Waals surface area contributed by atoms with Gasteiger partial charge in [0, 0.05) is 4.47 Å². The van der Waals surface area contributed by atoms with Gasteiger partial charge in [0.05, 0.1) is 5.92 Å². The molecule has 5 nitrogen and oxygen atoms in total. The second-order valence-electron chi connectivity index (χ2n) is 9.57. The molecule has 0 saturated carbocycles. The molecule has 33 heavy (non-hydrogen) atoms. The Bertz CT molecular complexity index is 774. The number of esters is 1. The topological polar surface area (TPSA) is 64.6 Å². The molecular formula is C23H33BrF3NO4S. The number of carbonyl (C=O) groups is 2. The predicted octanol–water partition coefficient (Wildman–Crippen LogP) is 6.84. The summed E-state index contributed by atoms with van der Waals surface area (Å²) in [6, 6.07) is 5.16. The molecule has 0 spiro atoms. The molecular weight excluding hydrogens is 523 g/mol. The lowest BCUT2D eigenvalue weighted by Gasteiger charge is -2.26. The summed E-state index contributed by atoms with van der Waals surface area (Å²) in [4.78, 5) is 24.7. The minimum Gasteiger partial charge on any atom is -0.458 e. The van der Waals surface area contributed by atoms with E-state index in [1.165, 1.54) is 23.9 Å². The van der Waals surface area contributed by atoms with Crippen LogP contribution in [0.15, 0.2) is 28.7 Å². The van der Waals surface area contributed by atoms with Gasteiger partial charge in [0.2, 0.25) is 0 Å². The van der Waals surface area contributed by atoms with Crippen LogP contribution in [0.25, 0.3) is 0 Å². The highest BCUT2D eigenvalue weighted by Crippen LogP contribution is 2.38.